The molecule has 2 rings (SSSR count). The van der Waals surface area contributed by atoms with Gasteiger partial charge in [-0.25, -0.2) is 0 Å². The molecular weight excluding hydrogens is 178 g/mol. The first-order valence-electron chi connectivity index (χ1n) is 5.39. The van der Waals surface area contributed by atoms with E-state index in [4.69, 9.17) is 5.73 Å². The van der Waals surface area contributed by atoms with Crippen LogP contribution in [-0.4, -0.2) is 55.0 Å². The van der Waals surface area contributed by atoms with Crippen LogP contribution in [0.3, 0.4) is 0 Å². The SMILES string of the molecule is CN1CC(CN2CCCC(N)C2=O)C1. The van der Waals surface area contributed by atoms with Crippen LogP contribution >= 0.6 is 0 Å². The molecule has 80 valence electrons. The molecular formula is C10H19N3O. The van der Waals surface area contributed by atoms with Gasteiger partial charge < -0.3 is 15.5 Å². The van der Waals surface area contributed by atoms with Crippen molar-refractivity contribution in [1.82, 2.24) is 9.80 Å². The van der Waals surface area contributed by atoms with Gasteiger partial charge in [-0.05, 0) is 19.9 Å². The van der Waals surface area contributed by atoms with Crippen LogP contribution in [0.4, 0.5) is 0 Å². The van der Waals surface area contributed by atoms with Crippen LogP contribution in [0.5, 0.6) is 0 Å². The maximum Gasteiger partial charge on any atom is 0.239 e. The first-order chi connectivity index (χ1) is 6.66. The lowest BCUT2D eigenvalue weighted by Crippen LogP contribution is -2.55. The predicted octanol–water partition coefficient (Wildman–Crippen LogP) is -0.502. The smallest absolute Gasteiger partial charge is 0.239 e. The molecule has 1 atom stereocenters. The van der Waals surface area contributed by atoms with Crippen LogP contribution in [0.1, 0.15) is 12.8 Å². The maximum atomic E-state index is 11.7. The fraction of sp³-hybridized carbons (Fsp3) is 0.900. The minimum absolute atomic E-state index is 0.158. The fourth-order valence-electron chi connectivity index (χ4n) is 2.41. The quantitative estimate of drug-likeness (QED) is 0.649. The van der Waals surface area contributed by atoms with Gasteiger partial charge in [-0.3, -0.25) is 4.79 Å². The number of hydrogen-bond acceptors (Lipinski definition) is 3. The number of piperidine rings is 1. The number of rotatable bonds is 2. The Balaban J connectivity index is 1.82. The maximum absolute atomic E-state index is 11.7. The average Bonchev–Trinajstić information content (AvgIpc) is 2.10. The zero-order chi connectivity index (χ0) is 10.1. The molecule has 2 aliphatic rings. The highest BCUT2D eigenvalue weighted by molar-refractivity contribution is 5.82. The first kappa shape index (κ1) is 9.93. The van der Waals surface area contributed by atoms with Gasteiger partial charge in [0.2, 0.25) is 5.91 Å². The van der Waals surface area contributed by atoms with Crippen LogP contribution in [-0.2, 0) is 4.79 Å². The molecule has 4 heteroatoms. The molecule has 1 unspecified atom stereocenters. The fourth-order valence-corrected chi connectivity index (χ4v) is 2.41. The number of nitrogens with zero attached hydrogens (tertiary/aromatic N) is 2. The minimum atomic E-state index is -0.235. The Morgan fingerprint density at radius 1 is 1.50 bits per heavy atom. The van der Waals surface area contributed by atoms with E-state index in [1.807, 2.05) is 4.90 Å². The van der Waals surface area contributed by atoms with Crippen molar-refractivity contribution in [1.29, 1.82) is 0 Å². The Labute approximate surface area is 85.0 Å². The van der Waals surface area contributed by atoms with Gasteiger partial charge in [0.05, 0.1) is 6.04 Å². The highest BCUT2D eigenvalue weighted by Gasteiger charge is 2.31. The second kappa shape index (κ2) is 3.87. The largest absolute Gasteiger partial charge is 0.341 e. The summed E-state index contributed by atoms with van der Waals surface area (Å²) in [6.07, 6.45) is 1.93. The van der Waals surface area contributed by atoms with E-state index in [0.29, 0.717) is 5.92 Å². The van der Waals surface area contributed by atoms with Gasteiger partial charge in [-0.2, -0.15) is 0 Å². The van der Waals surface area contributed by atoms with Crippen molar-refractivity contribution in [3.63, 3.8) is 0 Å². The predicted molar refractivity (Wildman–Crippen MR) is 54.8 cm³/mol. The first-order valence-corrected chi connectivity index (χ1v) is 5.39. The molecule has 2 saturated heterocycles. The minimum Gasteiger partial charge on any atom is -0.341 e. The second-order valence-electron chi connectivity index (χ2n) is 4.62. The summed E-state index contributed by atoms with van der Waals surface area (Å²) in [7, 11) is 2.11. The van der Waals surface area contributed by atoms with E-state index in [0.717, 1.165) is 39.0 Å². The standard InChI is InChI=1S/C10H19N3O/c1-12-5-8(6-12)7-13-4-2-3-9(11)10(13)14/h8-9H,2-7,11H2,1H3. The van der Waals surface area contributed by atoms with Crippen molar-refractivity contribution >= 4 is 5.91 Å². The lowest BCUT2D eigenvalue weighted by atomic mass is 9.98. The third-order valence-corrected chi connectivity index (χ3v) is 3.19. The Bertz CT molecular complexity index is 225. The van der Waals surface area contributed by atoms with Crippen molar-refractivity contribution in [3.05, 3.63) is 0 Å². The van der Waals surface area contributed by atoms with Gasteiger partial charge in [0.15, 0.2) is 0 Å². The number of likely N-dealkylation sites (tertiary alicyclic amines) is 2. The Morgan fingerprint density at radius 2 is 2.21 bits per heavy atom. The zero-order valence-electron chi connectivity index (χ0n) is 8.78. The molecule has 0 aromatic carbocycles. The number of hydrogen-bond donors (Lipinski definition) is 1. The topological polar surface area (TPSA) is 49.6 Å². The molecule has 0 bridgehead atoms. The van der Waals surface area contributed by atoms with Gasteiger partial charge in [0.25, 0.3) is 0 Å². The summed E-state index contributed by atoms with van der Waals surface area (Å²) in [6.45, 7) is 4.07. The lowest BCUT2D eigenvalue weighted by molar-refractivity contribution is -0.136. The highest BCUT2D eigenvalue weighted by atomic mass is 16.2. The summed E-state index contributed by atoms with van der Waals surface area (Å²) in [5.74, 6) is 0.833. The molecule has 14 heavy (non-hydrogen) atoms. The molecule has 2 heterocycles. The summed E-state index contributed by atoms with van der Waals surface area (Å²) in [4.78, 5) is 15.9. The van der Waals surface area contributed by atoms with Gasteiger partial charge in [0.1, 0.15) is 0 Å². The molecule has 2 N–H and O–H groups in total. The van der Waals surface area contributed by atoms with Gasteiger partial charge in [0, 0.05) is 32.1 Å². The van der Waals surface area contributed by atoms with Crippen molar-refractivity contribution < 1.29 is 4.79 Å². The molecule has 0 saturated carbocycles. The van der Waals surface area contributed by atoms with E-state index in [2.05, 4.69) is 11.9 Å². The van der Waals surface area contributed by atoms with Gasteiger partial charge in [-0.15, -0.1) is 0 Å². The van der Waals surface area contributed by atoms with E-state index < -0.39 is 0 Å². The van der Waals surface area contributed by atoms with Crippen LogP contribution < -0.4 is 5.73 Å². The van der Waals surface area contributed by atoms with E-state index in [9.17, 15) is 4.79 Å². The Hall–Kier alpha value is -0.610. The summed E-state index contributed by atoms with van der Waals surface area (Å²) < 4.78 is 0. The molecule has 0 aromatic rings. The third kappa shape index (κ3) is 1.91. The zero-order valence-corrected chi connectivity index (χ0v) is 8.78. The molecule has 0 aromatic heterocycles. The summed E-state index contributed by atoms with van der Waals surface area (Å²) in [5, 5.41) is 0. The normalized spacial score (nSPS) is 30.6. The molecule has 2 fully saturated rings. The lowest BCUT2D eigenvalue weighted by Gasteiger charge is -2.41. The van der Waals surface area contributed by atoms with Crippen molar-refractivity contribution in [2.75, 3.05) is 33.2 Å². The molecule has 2 aliphatic heterocycles. The summed E-state index contributed by atoms with van der Waals surface area (Å²) in [5.41, 5.74) is 5.73. The second-order valence-corrected chi connectivity index (χ2v) is 4.62. The summed E-state index contributed by atoms with van der Waals surface area (Å²) >= 11 is 0. The number of amides is 1. The van der Waals surface area contributed by atoms with Crippen molar-refractivity contribution in [3.8, 4) is 0 Å². The van der Waals surface area contributed by atoms with Crippen molar-refractivity contribution in [2.24, 2.45) is 11.7 Å². The number of carbonyl (C=O) groups excluding carboxylic acids is 1. The van der Waals surface area contributed by atoms with E-state index >= 15 is 0 Å². The number of carbonyl (C=O) groups is 1. The van der Waals surface area contributed by atoms with Gasteiger partial charge >= 0.3 is 0 Å². The van der Waals surface area contributed by atoms with Crippen LogP contribution in [0.25, 0.3) is 0 Å². The molecule has 0 spiro atoms. The molecule has 4 nitrogen and oxygen atoms in total. The van der Waals surface area contributed by atoms with E-state index in [-0.39, 0.29) is 11.9 Å². The van der Waals surface area contributed by atoms with E-state index in [1.165, 1.54) is 0 Å². The van der Waals surface area contributed by atoms with Crippen LogP contribution in [0, 0.1) is 5.92 Å². The third-order valence-electron chi connectivity index (χ3n) is 3.19. The average molecular weight is 197 g/mol. The molecule has 1 amide bonds. The highest BCUT2D eigenvalue weighted by Crippen LogP contribution is 2.17. The summed E-state index contributed by atoms with van der Waals surface area (Å²) in [6, 6.07) is -0.235. The molecule has 0 radical (unpaired) electrons. The van der Waals surface area contributed by atoms with Crippen molar-refractivity contribution in [2.45, 2.75) is 18.9 Å². The number of nitrogens with two attached hydrogens (primary N) is 1. The monoisotopic (exact) mass is 197 g/mol. The molecule has 0 aliphatic carbocycles. The Kier molecular flexibility index (Phi) is 2.74. The van der Waals surface area contributed by atoms with Crippen LogP contribution in [0.15, 0.2) is 0 Å². The van der Waals surface area contributed by atoms with Gasteiger partial charge in [-0.1, -0.05) is 0 Å². The Morgan fingerprint density at radius 3 is 2.86 bits per heavy atom. The van der Waals surface area contributed by atoms with E-state index in [1.54, 1.807) is 0 Å². The van der Waals surface area contributed by atoms with Crippen LogP contribution in [0.2, 0.25) is 0 Å².